The highest BCUT2D eigenvalue weighted by molar-refractivity contribution is 7.17. The number of thiophene rings is 1. The molecule has 0 spiro atoms. The molecular weight excluding hydrogens is 311 g/mol. The molecule has 1 fully saturated rings. The molecule has 0 radical (unpaired) electrons. The fraction of sp³-hybridized carbons (Fsp3) is 0.278. The smallest absolute Gasteiger partial charge is 0.267 e. The number of aromatic nitrogens is 1. The number of carbonyl (C=O) groups is 1. The predicted octanol–water partition coefficient (Wildman–Crippen LogP) is 4.03. The van der Waals surface area contributed by atoms with Crippen LogP contribution in [-0.2, 0) is 6.54 Å². The summed E-state index contributed by atoms with van der Waals surface area (Å²) in [5.74, 6) is 0.347. The van der Waals surface area contributed by atoms with E-state index in [-0.39, 0.29) is 11.7 Å². The molecule has 0 aliphatic heterocycles. The maximum absolute atomic E-state index is 13.4. The highest BCUT2D eigenvalue weighted by atomic mass is 32.1. The van der Waals surface area contributed by atoms with Crippen molar-refractivity contribution in [3.63, 3.8) is 0 Å². The van der Waals surface area contributed by atoms with Crippen molar-refractivity contribution in [2.45, 2.75) is 19.4 Å². The lowest BCUT2D eigenvalue weighted by Crippen LogP contribution is -2.27. The number of amides is 1. The van der Waals surface area contributed by atoms with Crippen molar-refractivity contribution in [3.05, 3.63) is 58.9 Å². The minimum absolute atomic E-state index is 0.0447. The predicted molar refractivity (Wildman–Crippen MR) is 90.4 cm³/mol. The molecular formula is C18H17FN2OS. The van der Waals surface area contributed by atoms with Crippen molar-refractivity contribution in [3.8, 4) is 0 Å². The fourth-order valence-electron chi connectivity index (χ4n) is 2.80. The van der Waals surface area contributed by atoms with Gasteiger partial charge in [-0.15, -0.1) is 11.3 Å². The standard InChI is InChI=1S/C18H17FN2OS/c19-14-3-1-2-13(8-14)11-21-15-6-7-23-17(15)9-16(21)18(22)20-10-12-4-5-12/h1-3,6-9,12H,4-5,10-11H2,(H,20,22). The molecule has 0 atom stereocenters. The van der Waals surface area contributed by atoms with Crippen LogP contribution in [0.2, 0.25) is 0 Å². The molecule has 1 saturated carbocycles. The molecule has 3 aromatic rings. The van der Waals surface area contributed by atoms with Gasteiger partial charge >= 0.3 is 0 Å². The number of hydrogen-bond acceptors (Lipinski definition) is 2. The molecule has 2 heterocycles. The van der Waals surface area contributed by atoms with Gasteiger partial charge in [0.05, 0.1) is 10.2 Å². The summed E-state index contributed by atoms with van der Waals surface area (Å²) in [5.41, 5.74) is 2.53. The second kappa shape index (κ2) is 5.81. The van der Waals surface area contributed by atoms with Crippen LogP contribution in [0.5, 0.6) is 0 Å². The molecule has 3 nitrogen and oxygen atoms in total. The van der Waals surface area contributed by atoms with E-state index < -0.39 is 0 Å². The van der Waals surface area contributed by atoms with Gasteiger partial charge in [-0.1, -0.05) is 12.1 Å². The average Bonchev–Trinajstić information content (AvgIpc) is 3.14. The summed E-state index contributed by atoms with van der Waals surface area (Å²) in [6.45, 7) is 1.24. The van der Waals surface area contributed by atoms with Crippen LogP contribution >= 0.6 is 11.3 Å². The van der Waals surface area contributed by atoms with Crippen molar-refractivity contribution in [2.75, 3.05) is 6.54 Å². The third-order valence-corrected chi connectivity index (χ3v) is 5.09. The number of nitrogens with one attached hydrogen (secondary N) is 1. The first kappa shape index (κ1) is 14.5. The normalized spacial score (nSPS) is 14.3. The van der Waals surface area contributed by atoms with E-state index in [0.717, 1.165) is 22.3 Å². The Balaban J connectivity index is 1.66. The summed E-state index contributed by atoms with van der Waals surface area (Å²) in [6, 6.07) is 10.5. The first-order valence-electron chi connectivity index (χ1n) is 7.80. The van der Waals surface area contributed by atoms with Crippen LogP contribution < -0.4 is 5.32 Å². The quantitative estimate of drug-likeness (QED) is 0.754. The van der Waals surface area contributed by atoms with Gasteiger partial charge in [-0.05, 0) is 54.0 Å². The zero-order valence-corrected chi connectivity index (χ0v) is 13.4. The molecule has 5 heteroatoms. The highest BCUT2D eigenvalue weighted by Crippen LogP contribution is 2.29. The average molecular weight is 328 g/mol. The Morgan fingerprint density at radius 3 is 2.96 bits per heavy atom. The lowest BCUT2D eigenvalue weighted by Gasteiger charge is -2.11. The first-order chi connectivity index (χ1) is 11.2. The van der Waals surface area contributed by atoms with Crippen LogP contribution in [0, 0.1) is 11.7 Å². The molecule has 0 saturated heterocycles. The lowest BCUT2D eigenvalue weighted by atomic mass is 10.2. The zero-order chi connectivity index (χ0) is 15.8. The minimum atomic E-state index is -0.254. The van der Waals surface area contributed by atoms with Gasteiger partial charge in [0.1, 0.15) is 11.5 Å². The first-order valence-corrected chi connectivity index (χ1v) is 8.68. The largest absolute Gasteiger partial charge is 0.350 e. The van der Waals surface area contributed by atoms with Gasteiger partial charge in [-0.2, -0.15) is 0 Å². The summed E-state index contributed by atoms with van der Waals surface area (Å²) < 4.78 is 16.5. The molecule has 4 rings (SSSR count). The van der Waals surface area contributed by atoms with Crippen LogP contribution in [0.15, 0.2) is 41.8 Å². The molecule has 23 heavy (non-hydrogen) atoms. The van der Waals surface area contributed by atoms with Crippen LogP contribution in [0.25, 0.3) is 10.2 Å². The fourth-order valence-corrected chi connectivity index (χ4v) is 3.63. The molecule has 1 aromatic carbocycles. The summed E-state index contributed by atoms with van der Waals surface area (Å²) in [4.78, 5) is 12.5. The number of carbonyl (C=O) groups excluding carboxylic acids is 1. The second-order valence-corrected chi connectivity index (χ2v) is 7.02. The third-order valence-electron chi connectivity index (χ3n) is 4.23. The molecule has 0 bridgehead atoms. The maximum Gasteiger partial charge on any atom is 0.267 e. The van der Waals surface area contributed by atoms with Crippen LogP contribution in [0.4, 0.5) is 4.39 Å². The Morgan fingerprint density at radius 2 is 2.17 bits per heavy atom. The Hall–Kier alpha value is -2.14. The number of rotatable bonds is 5. The Labute approximate surface area is 137 Å². The summed E-state index contributed by atoms with van der Waals surface area (Å²) in [6.07, 6.45) is 2.42. The molecule has 1 aliphatic rings. The molecule has 0 unspecified atom stereocenters. The third kappa shape index (κ3) is 3.01. The lowest BCUT2D eigenvalue weighted by molar-refractivity contribution is 0.0943. The van der Waals surface area contributed by atoms with Crippen molar-refractivity contribution in [1.29, 1.82) is 0 Å². The van der Waals surface area contributed by atoms with E-state index >= 15 is 0 Å². The topological polar surface area (TPSA) is 34.0 Å². The van der Waals surface area contributed by atoms with Gasteiger partial charge in [0.15, 0.2) is 0 Å². The van der Waals surface area contributed by atoms with Crippen LogP contribution in [0.1, 0.15) is 28.9 Å². The van der Waals surface area contributed by atoms with Crippen molar-refractivity contribution < 1.29 is 9.18 Å². The number of nitrogens with zero attached hydrogens (tertiary/aromatic N) is 1. The van der Waals surface area contributed by atoms with E-state index in [4.69, 9.17) is 0 Å². The number of fused-ring (bicyclic) bond motifs is 1. The maximum atomic E-state index is 13.4. The van der Waals surface area contributed by atoms with Gasteiger partial charge in [0, 0.05) is 13.1 Å². The highest BCUT2D eigenvalue weighted by Gasteiger charge is 2.23. The number of hydrogen-bond donors (Lipinski definition) is 1. The summed E-state index contributed by atoms with van der Waals surface area (Å²) in [5, 5.41) is 5.03. The molecule has 1 aliphatic carbocycles. The molecule has 1 N–H and O–H groups in total. The van der Waals surface area contributed by atoms with Gasteiger partial charge < -0.3 is 9.88 Å². The number of halogens is 1. The Bertz CT molecular complexity index is 863. The zero-order valence-electron chi connectivity index (χ0n) is 12.6. The van der Waals surface area contributed by atoms with E-state index in [1.807, 2.05) is 28.1 Å². The van der Waals surface area contributed by atoms with Crippen LogP contribution in [-0.4, -0.2) is 17.0 Å². The van der Waals surface area contributed by atoms with Gasteiger partial charge in [-0.25, -0.2) is 4.39 Å². The van der Waals surface area contributed by atoms with E-state index in [0.29, 0.717) is 18.2 Å². The van der Waals surface area contributed by atoms with E-state index in [1.54, 1.807) is 17.4 Å². The number of benzene rings is 1. The second-order valence-electron chi connectivity index (χ2n) is 6.07. The molecule has 2 aromatic heterocycles. The van der Waals surface area contributed by atoms with Gasteiger partial charge in [-0.3, -0.25) is 4.79 Å². The SMILES string of the molecule is O=C(NCC1CC1)c1cc2sccc2n1Cc1cccc(F)c1. The van der Waals surface area contributed by atoms with Crippen molar-refractivity contribution in [1.82, 2.24) is 9.88 Å². The molecule has 1 amide bonds. The van der Waals surface area contributed by atoms with E-state index in [1.165, 1.54) is 25.0 Å². The molecule has 118 valence electrons. The minimum Gasteiger partial charge on any atom is -0.350 e. The van der Waals surface area contributed by atoms with E-state index in [2.05, 4.69) is 5.32 Å². The Kier molecular flexibility index (Phi) is 3.65. The van der Waals surface area contributed by atoms with Crippen LogP contribution in [0.3, 0.4) is 0 Å². The monoisotopic (exact) mass is 328 g/mol. The summed E-state index contributed by atoms with van der Waals surface area (Å²) >= 11 is 1.62. The van der Waals surface area contributed by atoms with E-state index in [9.17, 15) is 9.18 Å². The summed E-state index contributed by atoms with van der Waals surface area (Å²) in [7, 11) is 0. The van der Waals surface area contributed by atoms with Gasteiger partial charge in [0.2, 0.25) is 0 Å². The Morgan fingerprint density at radius 1 is 1.30 bits per heavy atom. The van der Waals surface area contributed by atoms with Crippen molar-refractivity contribution in [2.24, 2.45) is 5.92 Å². The van der Waals surface area contributed by atoms with Crippen molar-refractivity contribution >= 4 is 27.5 Å². The van der Waals surface area contributed by atoms with Gasteiger partial charge in [0.25, 0.3) is 5.91 Å².